The number of pyridine rings is 2. The van der Waals surface area contributed by atoms with Gasteiger partial charge in [-0.3, -0.25) is 0 Å². The number of para-hydroxylation sites is 1. The summed E-state index contributed by atoms with van der Waals surface area (Å²) in [5, 5.41) is 7.86. The molecular formula is C44H31IrN3S-2. The average molecular weight is 826 g/mol. The number of rotatable bonds is 2. The first kappa shape index (κ1) is 31.3. The fourth-order valence-corrected chi connectivity index (χ4v) is 8.02. The molecule has 5 heterocycles. The minimum Gasteiger partial charge on any atom is -0.350 e. The van der Waals surface area contributed by atoms with Crippen molar-refractivity contribution in [3.8, 4) is 22.5 Å². The van der Waals surface area contributed by atoms with Crippen LogP contribution in [0, 0.1) is 12.1 Å². The quantitative estimate of drug-likeness (QED) is 0.163. The molecule has 0 saturated carbocycles. The smallest absolute Gasteiger partial charge is 0.0516 e. The number of nitrogens with zero attached hydrogens (tertiary/aromatic N) is 3. The van der Waals surface area contributed by atoms with Gasteiger partial charge in [-0.15, -0.1) is 71.0 Å². The third-order valence-electron chi connectivity index (χ3n) is 9.30. The maximum Gasteiger partial charge on any atom is 0.0516 e. The summed E-state index contributed by atoms with van der Waals surface area (Å²) >= 11 is 1.88. The molecule has 5 aromatic heterocycles. The molecule has 0 bridgehead atoms. The Morgan fingerprint density at radius 1 is 0.571 bits per heavy atom. The van der Waals surface area contributed by atoms with Gasteiger partial charge in [0.05, 0.1) is 5.52 Å². The van der Waals surface area contributed by atoms with Gasteiger partial charge in [-0.1, -0.05) is 80.8 Å². The minimum absolute atomic E-state index is 0. The molecule has 0 aliphatic rings. The molecule has 10 aromatic rings. The van der Waals surface area contributed by atoms with E-state index < -0.39 is 0 Å². The molecule has 0 amide bonds. The Morgan fingerprint density at radius 3 is 2.10 bits per heavy atom. The van der Waals surface area contributed by atoms with E-state index in [4.69, 9.17) is 4.98 Å². The van der Waals surface area contributed by atoms with Crippen molar-refractivity contribution >= 4 is 69.6 Å². The number of benzene rings is 5. The van der Waals surface area contributed by atoms with Crippen LogP contribution < -0.4 is 0 Å². The molecule has 0 spiro atoms. The third kappa shape index (κ3) is 5.30. The summed E-state index contributed by atoms with van der Waals surface area (Å²) in [6.45, 7) is 6.72. The van der Waals surface area contributed by atoms with Crippen LogP contribution in [0.25, 0.3) is 80.8 Å². The van der Waals surface area contributed by atoms with Gasteiger partial charge in [-0.2, -0.15) is 0 Å². The van der Waals surface area contributed by atoms with E-state index in [9.17, 15) is 0 Å². The van der Waals surface area contributed by atoms with Crippen molar-refractivity contribution in [1.29, 1.82) is 0 Å². The number of hydrogen-bond acceptors (Lipinski definition) is 3. The predicted molar refractivity (Wildman–Crippen MR) is 203 cm³/mol. The van der Waals surface area contributed by atoms with Gasteiger partial charge in [0.25, 0.3) is 0 Å². The molecule has 0 fully saturated rings. The van der Waals surface area contributed by atoms with Gasteiger partial charge >= 0.3 is 0 Å². The van der Waals surface area contributed by atoms with Gasteiger partial charge < -0.3 is 14.4 Å². The summed E-state index contributed by atoms with van der Waals surface area (Å²) in [5.41, 5.74) is 9.16. The van der Waals surface area contributed by atoms with Crippen LogP contribution >= 0.6 is 11.3 Å². The van der Waals surface area contributed by atoms with E-state index >= 15 is 0 Å². The second kappa shape index (κ2) is 12.2. The van der Waals surface area contributed by atoms with Crippen molar-refractivity contribution in [3.05, 3.63) is 151 Å². The molecule has 5 aromatic carbocycles. The molecule has 0 saturated heterocycles. The van der Waals surface area contributed by atoms with E-state index in [1.807, 2.05) is 60.0 Å². The summed E-state index contributed by atoms with van der Waals surface area (Å²) in [5.74, 6) is 0. The maximum absolute atomic E-state index is 4.70. The van der Waals surface area contributed by atoms with E-state index in [0.29, 0.717) is 0 Å². The molecule has 3 nitrogen and oxygen atoms in total. The van der Waals surface area contributed by atoms with E-state index in [-0.39, 0.29) is 25.5 Å². The number of aromatic nitrogens is 3. The van der Waals surface area contributed by atoms with Gasteiger partial charge in [0.1, 0.15) is 0 Å². The zero-order chi connectivity index (χ0) is 32.4. The summed E-state index contributed by atoms with van der Waals surface area (Å²) < 4.78 is 5.12. The summed E-state index contributed by atoms with van der Waals surface area (Å²) in [7, 11) is 0. The minimum atomic E-state index is 0. The van der Waals surface area contributed by atoms with Crippen molar-refractivity contribution in [2.24, 2.45) is 0 Å². The predicted octanol–water partition coefficient (Wildman–Crippen LogP) is 11.9. The molecule has 5 heteroatoms. The fraction of sp³-hybridized carbons (Fsp3) is 0.0909. The Morgan fingerprint density at radius 2 is 1.33 bits per heavy atom. The Hall–Kier alpha value is -4.93. The molecule has 0 N–H and O–H groups in total. The maximum atomic E-state index is 4.70. The van der Waals surface area contributed by atoms with Gasteiger partial charge in [0.2, 0.25) is 0 Å². The normalized spacial score (nSPS) is 11.8. The monoisotopic (exact) mass is 826 g/mol. The molecule has 0 aliphatic heterocycles. The largest absolute Gasteiger partial charge is 0.350 e. The van der Waals surface area contributed by atoms with E-state index in [1.54, 1.807) is 6.20 Å². The molecule has 1 radical (unpaired) electrons. The van der Waals surface area contributed by atoms with Gasteiger partial charge in [0, 0.05) is 69.0 Å². The first-order valence-corrected chi connectivity index (χ1v) is 17.1. The van der Waals surface area contributed by atoms with Crippen LogP contribution in [0.3, 0.4) is 0 Å². The van der Waals surface area contributed by atoms with Crippen molar-refractivity contribution in [2.45, 2.75) is 26.2 Å². The SMILES string of the molecule is CC(C)(C)c1ccnc(-c2[c-]cc3c(c2)c2cccc4c5cc6c(cc5n3c24)sc2ccccc26)c1.[Ir].[c-]1ccccc1-c1ccccn1. The summed E-state index contributed by atoms with van der Waals surface area (Å²) in [4.78, 5) is 8.92. The first-order chi connectivity index (χ1) is 23.4. The van der Waals surface area contributed by atoms with E-state index in [0.717, 1.165) is 22.5 Å². The standard InChI is InChI=1S/C33H23N2S.C11H8N.Ir/c1-33(2,3)20-13-14-34-27(16-20)19-11-12-28-24(15-19)22-8-6-9-23-25-17-26-21-7-4-5-10-30(21)36-31(26)18-29(25)35(28)32(22)23;1-2-6-10(7-3-1)11-8-4-5-9-12-11;/h4-10,12-18H,1-3H3;1-6,8-9H;/q2*-1;. The van der Waals surface area contributed by atoms with Crippen LogP contribution in [0.5, 0.6) is 0 Å². The number of hydrogen-bond donors (Lipinski definition) is 0. The number of thiophene rings is 1. The topological polar surface area (TPSA) is 30.2 Å². The van der Waals surface area contributed by atoms with Crippen LogP contribution in [-0.2, 0) is 25.5 Å². The van der Waals surface area contributed by atoms with Crippen LogP contribution in [0.2, 0.25) is 0 Å². The second-order valence-electron chi connectivity index (χ2n) is 13.3. The molecule has 10 rings (SSSR count). The van der Waals surface area contributed by atoms with E-state index in [2.05, 4.69) is 121 Å². The third-order valence-corrected chi connectivity index (χ3v) is 10.4. The van der Waals surface area contributed by atoms with Gasteiger partial charge in [0.15, 0.2) is 0 Å². The summed E-state index contributed by atoms with van der Waals surface area (Å²) in [6.07, 6.45) is 3.71. The molecule has 0 atom stereocenters. The molecular weight excluding hydrogens is 795 g/mol. The fourth-order valence-electron chi connectivity index (χ4n) is 6.90. The van der Waals surface area contributed by atoms with E-state index in [1.165, 1.54) is 63.8 Å². The zero-order valence-electron chi connectivity index (χ0n) is 27.3. The van der Waals surface area contributed by atoms with Gasteiger partial charge in [-0.25, -0.2) is 0 Å². The average Bonchev–Trinajstić information content (AvgIpc) is 3.77. The summed E-state index contributed by atoms with van der Waals surface area (Å²) in [6, 6.07) is 49.4. The molecule has 0 unspecified atom stereocenters. The van der Waals surface area contributed by atoms with Crippen LogP contribution in [0.4, 0.5) is 0 Å². The Labute approximate surface area is 302 Å². The number of fused-ring (bicyclic) bond motifs is 9. The van der Waals surface area contributed by atoms with Crippen molar-refractivity contribution < 1.29 is 20.1 Å². The zero-order valence-corrected chi connectivity index (χ0v) is 30.5. The molecule has 49 heavy (non-hydrogen) atoms. The van der Waals surface area contributed by atoms with Crippen LogP contribution in [-0.4, -0.2) is 14.4 Å². The molecule has 239 valence electrons. The first-order valence-electron chi connectivity index (χ1n) is 16.2. The van der Waals surface area contributed by atoms with Crippen molar-refractivity contribution in [3.63, 3.8) is 0 Å². The Balaban J connectivity index is 0.000000228. The van der Waals surface area contributed by atoms with Gasteiger partial charge in [-0.05, 0) is 63.6 Å². The van der Waals surface area contributed by atoms with Crippen molar-refractivity contribution in [2.75, 3.05) is 0 Å². The second-order valence-corrected chi connectivity index (χ2v) is 14.4. The molecule has 0 aliphatic carbocycles. The van der Waals surface area contributed by atoms with Crippen LogP contribution in [0.1, 0.15) is 26.3 Å². The Kier molecular flexibility index (Phi) is 7.80. The van der Waals surface area contributed by atoms with Crippen LogP contribution in [0.15, 0.2) is 134 Å². The Bertz CT molecular complexity index is 2720. The van der Waals surface area contributed by atoms with Crippen molar-refractivity contribution in [1.82, 2.24) is 14.4 Å².